The van der Waals surface area contributed by atoms with E-state index in [1.807, 2.05) is 0 Å². The normalized spacial score (nSPS) is 18.9. The molecule has 2 aliphatic rings. The number of carbonyl (C=O) groups is 4. The summed E-state index contributed by atoms with van der Waals surface area (Å²) in [6.07, 6.45) is 2.78. The van der Waals surface area contributed by atoms with Crippen molar-refractivity contribution < 1.29 is 33.1 Å². The van der Waals surface area contributed by atoms with E-state index in [9.17, 15) is 33.1 Å². The third kappa shape index (κ3) is 6.12. The fraction of sp³-hybridized carbons (Fsp3) is 0.407. The van der Waals surface area contributed by atoms with Crippen LogP contribution in [0.2, 0.25) is 0 Å². The molecule has 8 nitrogen and oxygen atoms in total. The summed E-state index contributed by atoms with van der Waals surface area (Å²) in [5.41, 5.74) is 0.150. The van der Waals surface area contributed by atoms with Crippen LogP contribution in [0.4, 0.5) is 8.78 Å². The Morgan fingerprint density at radius 3 is 2.08 bits per heavy atom. The summed E-state index contributed by atoms with van der Waals surface area (Å²) in [5.74, 6) is -4.15. The van der Waals surface area contributed by atoms with Crippen LogP contribution in [-0.2, 0) is 9.59 Å². The maximum atomic E-state index is 13.8. The van der Waals surface area contributed by atoms with E-state index < -0.39 is 47.5 Å². The Morgan fingerprint density at radius 2 is 1.49 bits per heavy atom. The smallest absolute Gasteiger partial charge is 0.305 e. The molecule has 2 fully saturated rings. The SMILES string of the molecule is O=C(O)CC(NC(=O)C1N(C(=O)c2ccc(F)cc2)CCN1C(=O)c1cccc(F)c1)C1CCCCC1. The molecule has 0 bridgehead atoms. The van der Waals surface area contributed by atoms with Crippen LogP contribution in [0.3, 0.4) is 0 Å². The van der Waals surface area contributed by atoms with Gasteiger partial charge in [0, 0.05) is 30.3 Å². The number of carboxylic acids is 1. The van der Waals surface area contributed by atoms with E-state index in [1.54, 1.807) is 0 Å². The van der Waals surface area contributed by atoms with Gasteiger partial charge in [-0.2, -0.15) is 0 Å². The molecule has 1 saturated heterocycles. The van der Waals surface area contributed by atoms with E-state index in [4.69, 9.17) is 0 Å². The molecule has 2 N–H and O–H groups in total. The zero-order chi connectivity index (χ0) is 26.5. The van der Waals surface area contributed by atoms with Gasteiger partial charge < -0.3 is 20.2 Å². The number of rotatable bonds is 7. The van der Waals surface area contributed by atoms with Gasteiger partial charge in [-0.05, 0) is 61.2 Å². The summed E-state index contributed by atoms with van der Waals surface area (Å²) >= 11 is 0. The number of hydrogen-bond acceptors (Lipinski definition) is 4. The van der Waals surface area contributed by atoms with Gasteiger partial charge >= 0.3 is 5.97 Å². The molecule has 0 radical (unpaired) electrons. The van der Waals surface area contributed by atoms with Crippen molar-refractivity contribution >= 4 is 23.7 Å². The molecule has 1 saturated carbocycles. The Hall–Kier alpha value is -3.82. The second-order valence-electron chi connectivity index (χ2n) is 9.50. The van der Waals surface area contributed by atoms with Crippen LogP contribution in [0.25, 0.3) is 0 Å². The summed E-state index contributed by atoms with van der Waals surface area (Å²) in [6, 6.07) is 9.20. The van der Waals surface area contributed by atoms with Gasteiger partial charge in [0.25, 0.3) is 17.7 Å². The van der Waals surface area contributed by atoms with Crippen molar-refractivity contribution in [1.82, 2.24) is 15.1 Å². The Bertz CT molecular complexity index is 1170. The lowest BCUT2D eigenvalue weighted by Crippen LogP contribution is -2.57. The molecule has 1 aliphatic carbocycles. The fourth-order valence-electron chi connectivity index (χ4n) is 5.20. The second-order valence-corrected chi connectivity index (χ2v) is 9.50. The first kappa shape index (κ1) is 26.2. The molecule has 2 aromatic rings. The lowest BCUT2D eigenvalue weighted by Gasteiger charge is -2.34. The number of benzene rings is 2. The Morgan fingerprint density at radius 1 is 0.865 bits per heavy atom. The number of aliphatic carboxylic acids is 1. The monoisotopic (exact) mass is 513 g/mol. The van der Waals surface area contributed by atoms with Crippen LogP contribution in [0.1, 0.15) is 59.2 Å². The van der Waals surface area contributed by atoms with Crippen molar-refractivity contribution in [2.45, 2.75) is 50.7 Å². The third-order valence-electron chi connectivity index (χ3n) is 7.03. The highest BCUT2D eigenvalue weighted by Crippen LogP contribution is 2.29. The number of nitrogens with zero attached hydrogens (tertiary/aromatic N) is 2. The number of carboxylic acid groups (broad SMARTS) is 1. The molecule has 2 aromatic carbocycles. The predicted octanol–water partition coefficient (Wildman–Crippen LogP) is 3.43. The van der Waals surface area contributed by atoms with Gasteiger partial charge in [-0.25, -0.2) is 8.78 Å². The summed E-state index contributed by atoms with van der Waals surface area (Å²) in [6.45, 7) is 0.0236. The van der Waals surface area contributed by atoms with Crippen LogP contribution >= 0.6 is 0 Å². The van der Waals surface area contributed by atoms with Gasteiger partial charge in [0.15, 0.2) is 6.17 Å². The second kappa shape index (κ2) is 11.5. The molecule has 2 atom stereocenters. The van der Waals surface area contributed by atoms with Crippen molar-refractivity contribution in [1.29, 1.82) is 0 Å². The highest BCUT2D eigenvalue weighted by atomic mass is 19.1. The summed E-state index contributed by atoms with van der Waals surface area (Å²) in [4.78, 5) is 54.3. The molecular weight excluding hydrogens is 484 g/mol. The van der Waals surface area contributed by atoms with Crippen LogP contribution in [-0.4, -0.2) is 63.9 Å². The zero-order valence-electron chi connectivity index (χ0n) is 20.2. The zero-order valence-corrected chi connectivity index (χ0v) is 20.2. The lowest BCUT2D eigenvalue weighted by atomic mass is 9.82. The van der Waals surface area contributed by atoms with Crippen molar-refractivity contribution in [3.8, 4) is 0 Å². The molecule has 196 valence electrons. The van der Waals surface area contributed by atoms with Gasteiger partial charge in [-0.15, -0.1) is 0 Å². The van der Waals surface area contributed by atoms with Gasteiger partial charge in [-0.3, -0.25) is 19.2 Å². The van der Waals surface area contributed by atoms with Crippen molar-refractivity contribution in [3.63, 3.8) is 0 Å². The van der Waals surface area contributed by atoms with Crippen molar-refractivity contribution in [2.24, 2.45) is 5.92 Å². The molecule has 4 rings (SSSR count). The van der Waals surface area contributed by atoms with E-state index in [0.717, 1.165) is 50.3 Å². The fourth-order valence-corrected chi connectivity index (χ4v) is 5.20. The maximum absolute atomic E-state index is 13.8. The first-order valence-electron chi connectivity index (χ1n) is 12.4. The summed E-state index contributed by atoms with van der Waals surface area (Å²) < 4.78 is 27.3. The molecule has 3 amide bonds. The van der Waals surface area contributed by atoms with E-state index in [0.29, 0.717) is 0 Å². The minimum absolute atomic E-state index is 0.00734. The van der Waals surface area contributed by atoms with Crippen LogP contribution in [0.5, 0.6) is 0 Å². The number of hydrogen-bond donors (Lipinski definition) is 2. The molecule has 0 spiro atoms. The average molecular weight is 514 g/mol. The highest BCUT2D eigenvalue weighted by Gasteiger charge is 2.44. The average Bonchev–Trinajstić information content (AvgIpc) is 3.33. The summed E-state index contributed by atoms with van der Waals surface area (Å²) in [7, 11) is 0. The van der Waals surface area contributed by atoms with E-state index >= 15 is 0 Å². The molecular formula is C27H29F2N3O5. The van der Waals surface area contributed by atoms with Crippen molar-refractivity contribution in [3.05, 3.63) is 71.3 Å². The third-order valence-corrected chi connectivity index (χ3v) is 7.03. The first-order valence-corrected chi connectivity index (χ1v) is 12.4. The van der Waals surface area contributed by atoms with E-state index in [-0.39, 0.29) is 36.6 Å². The van der Waals surface area contributed by atoms with Crippen molar-refractivity contribution in [2.75, 3.05) is 13.1 Å². The maximum Gasteiger partial charge on any atom is 0.305 e. The number of nitrogens with one attached hydrogen (secondary N) is 1. The van der Waals surface area contributed by atoms with Crippen LogP contribution in [0, 0.1) is 17.6 Å². The van der Waals surface area contributed by atoms with Crippen LogP contribution < -0.4 is 5.32 Å². The molecule has 0 aromatic heterocycles. The van der Waals surface area contributed by atoms with Crippen LogP contribution in [0.15, 0.2) is 48.5 Å². The van der Waals surface area contributed by atoms with Gasteiger partial charge in [-0.1, -0.05) is 25.3 Å². The van der Waals surface area contributed by atoms with Gasteiger partial charge in [0.2, 0.25) is 0 Å². The molecule has 1 aliphatic heterocycles. The number of amides is 3. The standard InChI is InChI=1S/C27H29F2N3O5/c28-20-11-9-18(10-12-20)26(36)31-13-14-32(27(37)19-7-4-8-21(29)15-19)25(31)24(35)30-22(16-23(33)34)17-5-2-1-3-6-17/h4,7-12,15,17,22,25H,1-3,5-6,13-14,16H2,(H,30,35)(H,33,34). The van der Waals surface area contributed by atoms with E-state index in [2.05, 4.69) is 5.32 Å². The quantitative estimate of drug-likeness (QED) is 0.590. The van der Waals surface area contributed by atoms with Gasteiger partial charge in [0.1, 0.15) is 11.6 Å². The molecule has 2 unspecified atom stereocenters. The Kier molecular flexibility index (Phi) is 8.15. The molecule has 1 heterocycles. The van der Waals surface area contributed by atoms with Gasteiger partial charge in [0.05, 0.1) is 6.42 Å². The lowest BCUT2D eigenvalue weighted by molar-refractivity contribution is -0.138. The molecule has 10 heteroatoms. The van der Waals surface area contributed by atoms with E-state index in [1.165, 1.54) is 40.1 Å². The largest absolute Gasteiger partial charge is 0.481 e. The minimum atomic E-state index is -1.38. The topological polar surface area (TPSA) is 107 Å². The Labute approximate surface area is 213 Å². The summed E-state index contributed by atoms with van der Waals surface area (Å²) in [5, 5.41) is 12.3. The minimum Gasteiger partial charge on any atom is -0.481 e. The first-order chi connectivity index (χ1) is 17.7. The highest BCUT2D eigenvalue weighted by molar-refractivity contribution is 6.02. The molecule has 37 heavy (non-hydrogen) atoms. The number of carbonyl (C=O) groups excluding carboxylic acids is 3. The number of halogens is 2. The Balaban J connectivity index is 1.64. The predicted molar refractivity (Wildman–Crippen MR) is 129 cm³/mol.